The number of hydrogen-bond acceptors (Lipinski definition) is 3. The van der Waals surface area contributed by atoms with Crippen LogP contribution in [0, 0.1) is 40.4 Å². The zero-order valence-electron chi connectivity index (χ0n) is 19.3. The normalized spacial score (nSPS) is 43.6. The second-order valence-electron chi connectivity index (χ2n) is 11.4. The van der Waals surface area contributed by atoms with Crippen molar-refractivity contribution in [3.63, 3.8) is 0 Å². The number of carbonyl (C=O) groups is 2. The second kappa shape index (κ2) is 7.98. The van der Waals surface area contributed by atoms with Crippen LogP contribution in [0.15, 0.2) is 11.6 Å². The summed E-state index contributed by atoms with van der Waals surface area (Å²) in [6.45, 7) is 8.81. The molecule has 30 heavy (non-hydrogen) atoms. The molecule has 3 fully saturated rings. The van der Waals surface area contributed by atoms with Gasteiger partial charge in [-0.2, -0.15) is 0 Å². The lowest BCUT2D eigenvalue weighted by Crippen LogP contribution is -2.49. The predicted octanol–water partition coefficient (Wildman–Crippen LogP) is 6.00. The van der Waals surface area contributed by atoms with E-state index in [0.29, 0.717) is 35.5 Å². The molecule has 0 aromatic carbocycles. The number of carboxylic acids is 1. The van der Waals surface area contributed by atoms with Crippen molar-refractivity contribution in [2.45, 2.75) is 98.0 Å². The third-order valence-electron chi connectivity index (χ3n) is 9.88. The molecule has 3 saturated carbocycles. The van der Waals surface area contributed by atoms with Gasteiger partial charge in [-0.25, -0.2) is 0 Å². The fourth-order valence-electron chi connectivity index (χ4n) is 8.35. The number of ether oxygens (including phenoxy) is 1. The first-order valence-corrected chi connectivity index (χ1v) is 12.2. The van der Waals surface area contributed by atoms with E-state index in [-0.39, 0.29) is 17.5 Å². The Morgan fingerprint density at radius 3 is 2.67 bits per heavy atom. The van der Waals surface area contributed by atoms with Gasteiger partial charge in [0.05, 0.1) is 0 Å². The van der Waals surface area contributed by atoms with Crippen LogP contribution in [-0.4, -0.2) is 23.1 Å². The Morgan fingerprint density at radius 2 is 1.97 bits per heavy atom. The highest BCUT2D eigenvalue weighted by Gasteiger charge is 2.57. The summed E-state index contributed by atoms with van der Waals surface area (Å²) >= 11 is 0. The van der Waals surface area contributed by atoms with E-state index in [9.17, 15) is 9.59 Å². The molecular formula is C26H40O4. The minimum atomic E-state index is -0.664. The van der Waals surface area contributed by atoms with Crippen molar-refractivity contribution < 1.29 is 19.4 Å². The number of carbonyl (C=O) groups excluding carboxylic acids is 1. The molecule has 4 heteroatoms. The Kier molecular flexibility index (Phi) is 5.83. The van der Waals surface area contributed by atoms with Gasteiger partial charge in [-0.15, -0.1) is 0 Å². The standard InChI is InChI=1S/C26H40O4/c1-16(5-10-24(28)29)21-8-9-22-20-7-6-18-15-19(30-17(2)27)11-13-25(18,3)23(20)12-14-26(21,22)4/h12,16,18-22H,5-11,13-15H2,1-4H3,(H,28,29)/t16-,18-,19-,20+,21-,22+,25+,26-/m1/s1. The van der Waals surface area contributed by atoms with E-state index < -0.39 is 5.97 Å². The molecule has 0 radical (unpaired) electrons. The molecule has 4 aliphatic rings. The summed E-state index contributed by atoms with van der Waals surface area (Å²) in [7, 11) is 0. The summed E-state index contributed by atoms with van der Waals surface area (Å²) in [5.74, 6) is 2.41. The maximum atomic E-state index is 11.4. The zero-order valence-corrected chi connectivity index (χ0v) is 19.3. The maximum absolute atomic E-state index is 11.4. The largest absolute Gasteiger partial charge is 0.481 e. The van der Waals surface area contributed by atoms with Gasteiger partial charge in [0, 0.05) is 13.3 Å². The van der Waals surface area contributed by atoms with Gasteiger partial charge in [0.1, 0.15) is 6.10 Å². The molecule has 0 aromatic heterocycles. The van der Waals surface area contributed by atoms with Crippen molar-refractivity contribution in [2.24, 2.45) is 40.4 Å². The van der Waals surface area contributed by atoms with Gasteiger partial charge in [-0.3, -0.25) is 9.59 Å². The molecule has 0 aromatic rings. The lowest BCUT2D eigenvalue weighted by atomic mass is 9.48. The van der Waals surface area contributed by atoms with Crippen molar-refractivity contribution in [1.82, 2.24) is 0 Å². The van der Waals surface area contributed by atoms with E-state index >= 15 is 0 Å². The highest BCUT2D eigenvalue weighted by atomic mass is 16.5. The van der Waals surface area contributed by atoms with Gasteiger partial charge in [-0.05, 0) is 98.2 Å². The van der Waals surface area contributed by atoms with Gasteiger partial charge >= 0.3 is 11.9 Å². The van der Waals surface area contributed by atoms with E-state index in [1.807, 2.05) is 0 Å². The zero-order chi connectivity index (χ0) is 21.7. The van der Waals surface area contributed by atoms with Gasteiger partial charge < -0.3 is 9.84 Å². The van der Waals surface area contributed by atoms with Crippen LogP contribution in [0.3, 0.4) is 0 Å². The van der Waals surface area contributed by atoms with Crippen molar-refractivity contribution in [3.05, 3.63) is 11.6 Å². The highest BCUT2D eigenvalue weighted by molar-refractivity contribution is 5.66. The molecular weight excluding hydrogens is 376 g/mol. The Hall–Kier alpha value is -1.32. The fraction of sp³-hybridized carbons (Fsp3) is 0.846. The van der Waals surface area contributed by atoms with E-state index in [1.165, 1.54) is 32.6 Å². The molecule has 0 bridgehead atoms. The van der Waals surface area contributed by atoms with Crippen LogP contribution >= 0.6 is 0 Å². The van der Waals surface area contributed by atoms with Gasteiger partial charge in [0.25, 0.3) is 0 Å². The van der Waals surface area contributed by atoms with Crippen molar-refractivity contribution in [2.75, 3.05) is 0 Å². The van der Waals surface area contributed by atoms with Crippen LogP contribution in [0.4, 0.5) is 0 Å². The van der Waals surface area contributed by atoms with Crippen molar-refractivity contribution in [3.8, 4) is 0 Å². The Labute approximate surface area is 181 Å². The molecule has 8 atom stereocenters. The topological polar surface area (TPSA) is 63.6 Å². The lowest BCUT2D eigenvalue weighted by Gasteiger charge is -2.57. The molecule has 4 aliphatic carbocycles. The second-order valence-corrected chi connectivity index (χ2v) is 11.4. The quantitative estimate of drug-likeness (QED) is 0.441. The van der Waals surface area contributed by atoms with Gasteiger partial charge in [0.15, 0.2) is 0 Å². The summed E-state index contributed by atoms with van der Waals surface area (Å²) in [6.07, 6.45) is 13.2. The Bertz CT molecular complexity index is 727. The average Bonchev–Trinajstić information content (AvgIpc) is 3.03. The number of esters is 1. The first kappa shape index (κ1) is 21.9. The third-order valence-corrected chi connectivity index (χ3v) is 9.88. The van der Waals surface area contributed by atoms with Crippen LogP contribution < -0.4 is 0 Å². The first-order chi connectivity index (χ1) is 14.1. The number of carboxylic acid groups (broad SMARTS) is 1. The number of hydrogen-bond donors (Lipinski definition) is 1. The molecule has 4 nitrogen and oxygen atoms in total. The fourth-order valence-corrected chi connectivity index (χ4v) is 8.35. The molecule has 0 spiro atoms. The number of fused-ring (bicyclic) bond motifs is 5. The molecule has 4 rings (SSSR count). The smallest absolute Gasteiger partial charge is 0.303 e. The van der Waals surface area contributed by atoms with E-state index in [0.717, 1.165) is 38.0 Å². The molecule has 0 amide bonds. The number of aliphatic carboxylic acids is 1. The number of rotatable bonds is 5. The predicted molar refractivity (Wildman–Crippen MR) is 117 cm³/mol. The summed E-state index contributed by atoms with van der Waals surface area (Å²) < 4.78 is 5.59. The van der Waals surface area contributed by atoms with Gasteiger partial charge in [0.2, 0.25) is 0 Å². The minimum Gasteiger partial charge on any atom is -0.481 e. The lowest BCUT2D eigenvalue weighted by molar-refractivity contribution is -0.151. The highest BCUT2D eigenvalue weighted by Crippen LogP contribution is 2.66. The minimum absolute atomic E-state index is 0.109. The molecule has 168 valence electrons. The molecule has 1 N–H and O–H groups in total. The maximum Gasteiger partial charge on any atom is 0.303 e. The number of allylic oxidation sites excluding steroid dienone is 2. The summed E-state index contributed by atoms with van der Waals surface area (Å²) in [5, 5.41) is 9.12. The van der Waals surface area contributed by atoms with Crippen LogP contribution in [0.5, 0.6) is 0 Å². The van der Waals surface area contributed by atoms with Crippen LogP contribution in [0.25, 0.3) is 0 Å². The summed E-state index contributed by atoms with van der Waals surface area (Å²) in [6, 6.07) is 0. The van der Waals surface area contributed by atoms with Crippen LogP contribution in [0.1, 0.15) is 91.9 Å². The summed E-state index contributed by atoms with van der Waals surface area (Å²) in [5.41, 5.74) is 2.32. The molecule has 0 heterocycles. The molecule has 0 unspecified atom stereocenters. The van der Waals surface area contributed by atoms with E-state index in [1.54, 1.807) is 5.57 Å². The van der Waals surface area contributed by atoms with Crippen LogP contribution in [0.2, 0.25) is 0 Å². The van der Waals surface area contributed by atoms with Gasteiger partial charge in [-0.1, -0.05) is 32.4 Å². The monoisotopic (exact) mass is 416 g/mol. The van der Waals surface area contributed by atoms with Crippen molar-refractivity contribution >= 4 is 11.9 Å². The molecule has 0 saturated heterocycles. The third kappa shape index (κ3) is 3.62. The Morgan fingerprint density at radius 1 is 1.20 bits per heavy atom. The Balaban J connectivity index is 1.52. The van der Waals surface area contributed by atoms with Crippen LogP contribution in [-0.2, 0) is 14.3 Å². The summed E-state index contributed by atoms with van der Waals surface area (Å²) in [4.78, 5) is 22.5. The molecule has 0 aliphatic heterocycles. The van der Waals surface area contributed by atoms with Crippen molar-refractivity contribution in [1.29, 1.82) is 0 Å². The van der Waals surface area contributed by atoms with E-state index in [4.69, 9.17) is 9.84 Å². The first-order valence-electron chi connectivity index (χ1n) is 12.2. The SMILES string of the molecule is CC(=O)O[C@@H]1CC[C@]2(C)C3=CC[C@]4(C)[C@@H]([C@H](C)CCC(=O)O)CC[C@H]4[C@@H]3CC[C@@H]2C1. The van der Waals surface area contributed by atoms with E-state index in [2.05, 4.69) is 26.8 Å². The average molecular weight is 417 g/mol.